The summed E-state index contributed by atoms with van der Waals surface area (Å²) in [5, 5.41) is 4.03. The van der Waals surface area contributed by atoms with Crippen molar-refractivity contribution >= 4 is 33.4 Å². The predicted molar refractivity (Wildman–Crippen MR) is 92.1 cm³/mol. The molecular weight excluding hydrogens is 366 g/mol. The van der Waals surface area contributed by atoms with E-state index in [1.807, 2.05) is 27.0 Å². The van der Waals surface area contributed by atoms with Gasteiger partial charge in [-0.15, -0.1) is 11.3 Å². The zero-order valence-electron chi connectivity index (χ0n) is 13.4. The number of rotatable bonds is 4. The van der Waals surface area contributed by atoms with E-state index in [0.29, 0.717) is 12.5 Å². The molecule has 0 radical (unpaired) electrons. The SMILES string of the molecule is CC(C)(C)OC(=O)NCC1CCN(Cc2ncc(Br)s2)CC1. The van der Waals surface area contributed by atoms with Gasteiger partial charge in [0.1, 0.15) is 10.6 Å². The molecule has 1 N–H and O–H groups in total. The molecule has 5 nitrogen and oxygen atoms in total. The molecule has 1 aromatic heterocycles. The zero-order chi connectivity index (χ0) is 16.2. The van der Waals surface area contributed by atoms with Gasteiger partial charge in [0.25, 0.3) is 0 Å². The molecule has 0 atom stereocenters. The van der Waals surface area contributed by atoms with Gasteiger partial charge < -0.3 is 10.1 Å². The summed E-state index contributed by atoms with van der Waals surface area (Å²) in [7, 11) is 0. The number of carbonyl (C=O) groups excluding carboxylic acids is 1. The Balaban J connectivity index is 1.66. The summed E-state index contributed by atoms with van der Waals surface area (Å²) in [4.78, 5) is 18.5. The fraction of sp³-hybridized carbons (Fsp3) is 0.733. The molecule has 0 unspecified atom stereocenters. The van der Waals surface area contributed by atoms with Crippen LogP contribution in [0.3, 0.4) is 0 Å². The molecule has 0 bridgehead atoms. The number of piperidine rings is 1. The Bertz CT molecular complexity index is 493. The van der Waals surface area contributed by atoms with Crippen LogP contribution in [-0.2, 0) is 11.3 Å². The van der Waals surface area contributed by atoms with Crippen LogP contribution in [0.4, 0.5) is 4.79 Å². The largest absolute Gasteiger partial charge is 0.444 e. The van der Waals surface area contributed by atoms with Crippen molar-refractivity contribution < 1.29 is 9.53 Å². The van der Waals surface area contributed by atoms with Crippen LogP contribution in [0.15, 0.2) is 9.98 Å². The van der Waals surface area contributed by atoms with E-state index in [4.69, 9.17) is 4.74 Å². The lowest BCUT2D eigenvalue weighted by Gasteiger charge is -2.31. The van der Waals surface area contributed by atoms with E-state index < -0.39 is 5.60 Å². The highest BCUT2D eigenvalue weighted by molar-refractivity contribution is 9.11. The maximum absolute atomic E-state index is 11.7. The number of halogens is 1. The van der Waals surface area contributed by atoms with Gasteiger partial charge in [-0.3, -0.25) is 4.90 Å². The first-order valence-corrected chi connectivity index (χ1v) is 9.22. The molecule has 2 heterocycles. The van der Waals surface area contributed by atoms with Crippen molar-refractivity contribution in [3.8, 4) is 0 Å². The normalized spacial score (nSPS) is 17.5. The highest BCUT2D eigenvalue weighted by atomic mass is 79.9. The molecular formula is C15H24BrN3O2S. The number of likely N-dealkylation sites (tertiary alicyclic amines) is 1. The number of amides is 1. The monoisotopic (exact) mass is 389 g/mol. The third kappa shape index (κ3) is 6.22. The lowest BCUT2D eigenvalue weighted by molar-refractivity contribution is 0.0509. The standard InChI is InChI=1S/C15H24BrN3O2S/c1-15(2,3)21-14(20)18-8-11-4-6-19(7-5-11)10-13-17-9-12(16)22-13/h9,11H,4-8,10H2,1-3H3,(H,18,20). The van der Waals surface area contributed by atoms with Crippen LogP contribution in [0.1, 0.15) is 38.6 Å². The maximum atomic E-state index is 11.7. The van der Waals surface area contributed by atoms with Gasteiger partial charge in [-0.1, -0.05) is 0 Å². The summed E-state index contributed by atoms with van der Waals surface area (Å²) in [5.41, 5.74) is -0.435. The third-order valence-corrected chi connectivity index (χ3v) is 4.99. The second kappa shape index (κ2) is 7.75. The van der Waals surface area contributed by atoms with E-state index >= 15 is 0 Å². The van der Waals surface area contributed by atoms with Gasteiger partial charge in [0, 0.05) is 6.54 Å². The van der Waals surface area contributed by atoms with Gasteiger partial charge in [-0.25, -0.2) is 9.78 Å². The summed E-state index contributed by atoms with van der Waals surface area (Å²) >= 11 is 5.14. The third-order valence-electron chi connectivity index (χ3n) is 3.53. The van der Waals surface area contributed by atoms with Gasteiger partial charge in [0.2, 0.25) is 0 Å². The molecule has 1 aliphatic heterocycles. The van der Waals surface area contributed by atoms with Crippen LogP contribution < -0.4 is 5.32 Å². The molecule has 1 saturated heterocycles. The number of nitrogens with zero attached hydrogens (tertiary/aromatic N) is 2. The van der Waals surface area contributed by atoms with E-state index in [-0.39, 0.29) is 6.09 Å². The van der Waals surface area contributed by atoms with Gasteiger partial charge in [0.15, 0.2) is 0 Å². The number of ether oxygens (including phenoxy) is 1. The first kappa shape index (κ1) is 17.7. The van der Waals surface area contributed by atoms with E-state index in [9.17, 15) is 4.79 Å². The molecule has 0 aromatic carbocycles. The minimum Gasteiger partial charge on any atom is -0.444 e. The number of nitrogens with one attached hydrogen (secondary N) is 1. The second-order valence-corrected chi connectivity index (χ2v) is 9.15. The Kier molecular flexibility index (Phi) is 6.23. The Morgan fingerprint density at radius 3 is 2.73 bits per heavy atom. The molecule has 2 rings (SSSR count). The summed E-state index contributed by atoms with van der Waals surface area (Å²) in [5.74, 6) is 0.534. The van der Waals surface area contributed by atoms with Crippen LogP contribution in [-0.4, -0.2) is 41.2 Å². The van der Waals surface area contributed by atoms with Crippen molar-refractivity contribution in [2.75, 3.05) is 19.6 Å². The minimum atomic E-state index is -0.435. The first-order valence-electron chi connectivity index (χ1n) is 7.61. The molecule has 1 aliphatic rings. The number of hydrogen-bond donors (Lipinski definition) is 1. The molecule has 1 aromatic rings. The van der Waals surface area contributed by atoms with Crippen molar-refractivity contribution in [2.45, 2.75) is 45.8 Å². The Labute approximate surface area is 144 Å². The highest BCUT2D eigenvalue weighted by Gasteiger charge is 2.22. The van der Waals surface area contributed by atoms with Crippen LogP contribution in [0, 0.1) is 5.92 Å². The summed E-state index contributed by atoms with van der Waals surface area (Å²) < 4.78 is 6.34. The molecule has 124 valence electrons. The van der Waals surface area contributed by atoms with Crippen molar-refractivity contribution in [3.63, 3.8) is 0 Å². The first-order chi connectivity index (χ1) is 10.3. The lowest BCUT2D eigenvalue weighted by Crippen LogP contribution is -2.40. The van der Waals surface area contributed by atoms with E-state index in [2.05, 4.69) is 31.1 Å². The van der Waals surface area contributed by atoms with Gasteiger partial charge in [-0.2, -0.15) is 0 Å². The average Bonchev–Trinajstić information content (AvgIpc) is 2.81. The van der Waals surface area contributed by atoms with Gasteiger partial charge in [-0.05, 0) is 68.6 Å². The van der Waals surface area contributed by atoms with Crippen molar-refractivity contribution in [1.82, 2.24) is 15.2 Å². The van der Waals surface area contributed by atoms with Crippen LogP contribution >= 0.6 is 27.3 Å². The smallest absolute Gasteiger partial charge is 0.407 e. The van der Waals surface area contributed by atoms with E-state index in [1.54, 1.807) is 11.3 Å². The maximum Gasteiger partial charge on any atom is 0.407 e. The number of alkyl carbamates (subject to hydrolysis) is 1. The fourth-order valence-electron chi connectivity index (χ4n) is 2.44. The summed E-state index contributed by atoms with van der Waals surface area (Å²) in [6.07, 6.45) is 3.74. The molecule has 1 fully saturated rings. The highest BCUT2D eigenvalue weighted by Crippen LogP contribution is 2.23. The molecule has 1 amide bonds. The van der Waals surface area contributed by atoms with Crippen LogP contribution in [0.2, 0.25) is 0 Å². The fourth-order valence-corrected chi connectivity index (χ4v) is 3.79. The van der Waals surface area contributed by atoms with Crippen molar-refractivity contribution in [2.24, 2.45) is 5.92 Å². The Morgan fingerprint density at radius 2 is 2.18 bits per heavy atom. The Morgan fingerprint density at radius 1 is 1.50 bits per heavy atom. The minimum absolute atomic E-state index is 0.317. The number of hydrogen-bond acceptors (Lipinski definition) is 5. The molecule has 0 spiro atoms. The van der Waals surface area contributed by atoms with Crippen molar-refractivity contribution in [1.29, 1.82) is 0 Å². The van der Waals surface area contributed by atoms with Crippen LogP contribution in [0.5, 0.6) is 0 Å². The topological polar surface area (TPSA) is 54.5 Å². The molecule has 7 heteroatoms. The average molecular weight is 390 g/mol. The summed E-state index contributed by atoms with van der Waals surface area (Å²) in [6, 6.07) is 0. The Hall–Kier alpha value is -0.660. The molecule has 22 heavy (non-hydrogen) atoms. The molecule has 0 saturated carbocycles. The zero-order valence-corrected chi connectivity index (χ0v) is 15.8. The quantitative estimate of drug-likeness (QED) is 0.853. The second-order valence-electron chi connectivity index (χ2n) is 6.66. The predicted octanol–water partition coefficient (Wildman–Crippen LogP) is 3.64. The van der Waals surface area contributed by atoms with Gasteiger partial charge >= 0.3 is 6.09 Å². The van der Waals surface area contributed by atoms with Gasteiger partial charge in [0.05, 0.1) is 16.5 Å². The van der Waals surface area contributed by atoms with E-state index in [0.717, 1.165) is 41.3 Å². The number of aromatic nitrogens is 1. The lowest BCUT2D eigenvalue weighted by atomic mass is 9.97. The molecule has 0 aliphatic carbocycles. The van der Waals surface area contributed by atoms with Crippen molar-refractivity contribution in [3.05, 3.63) is 15.0 Å². The number of thiazole rings is 1. The van der Waals surface area contributed by atoms with Crippen LogP contribution in [0.25, 0.3) is 0 Å². The summed E-state index contributed by atoms with van der Waals surface area (Å²) in [6.45, 7) is 9.36. The van der Waals surface area contributed by atoms with E-state index in [1.165, 1.54) is 0 Å². The number of carbonyl (C=O) groups is 1.